The van der Waals surface area contributed by atoms with Gasteiger partial charge >= 0.3 is 6.09 Å². The molecule has 3 heterocycles. The molecule has 0 atom stereocenters. The number of nitrogens with zero attached hydrogens (tertiary/aromatic N) is 3. The standard InChI is InChI=1S/C19H26N4O3/c1-4-15-17(23-12-13(3)6-7-16(23)21-15)18(24)20-14-8-10-22(11-9-14)19(25)26-5-2/h6-7,12,14H,4-5,8-11H2,1-3H3,(H,20,24). The molecule has 0 spiro atoms. The van der Waals surface area contributed by atoms with Gasteiger partial charge in [-0.3, -0.25) is 9.20 Å². The van der Waals surface area contributed by atoms with Crippen LogP contribution in [0.5, 0.6) is 0 Å². The number of carbonyl (C=O) groups excluding carboxylic acids is 2. The Bertz CT molecular complexity index is 806. The van der Waals surface area contributed by atoms with E-state index in [1.54, 1.807) is 11.8 Å². The molecular formula is C19H26N4O3. The molecule has 140 valence electrons. The van der Waals surface area contributed by atoms with Crippen molar-refractivity contribution in [1.29, 1.82) is 0 Å². The number of fused-ring (bicyclic) bond motifs is 1. The summed E-state index contributed by atoms with van der Waals surface area (Å²) in [5, 5.41) is 3.12. The summed E-state index contributed by atoms with van der Waals surface area (Å²) in [5.74, 6) is -0.102. The van der Waals surface area contributed by atoms with E-state index < -0.39 is 0 Å². The van der Waals surface area contributed by atoms with Gasteiger partial charge in [-0.05, 0) is 44.7 Å². The first-order valence-electron chi connectivity index (χ1n) is 9.23. The Morgan fingerprint density at radius 2 is 2.00 bits per heavy atom. The Morgan fingerprint density at radius 3 is 2.65 bits per heavy atom. The molecule has 1 aliphatic rings. The lowest BCUT2D eigenvalue weighted by Crippen LogP contribution is -2.47. The summed E-state index contributed by atoms with van der Waals surface area (Å²) in [7, 11) is 0. The average molecular weight is 358 g/mol. The van der Waals surface area contributed by atoms with Gasteiger partial charge in [-0.1, -0.05) is 13.0 Å². The number of ether oxygens (including phenoxy) is 1. The van der Waals surface area contributed by atoms with Crippen molar-refractivity contribution >= 4 is 17.6 Å². The molecule has 0 bridgehead atoms. The first-order valence-corrected chi connectivity index (χ1v) is 9.23. The number of carbonyl (C=O) groups is 2. The minimum Gasteiger partial charge on any atom is -0.450 e. The third-order valence-corrected chi connectivity index (χ3v) is 4.74. The van der Waals surface area contributed by atoms with Crippen LogP contribution in [-0.4, -0.2) is 52.0 Å². The SMILES string of the molecule is CCOC(=O)N1CCC(NC(=O)c2c(CC)nc3ccc(C)cn23)CC1. The van der Waals surface area contributed by atoms with E-state index in [1.807, 2.05) is 36.6 Å². The highest BCUT2D eigenvalue weighted by Gasteiger charge is 2.26. The number of amides is 2. The Labute approximate surface area is 153 Å². The molecule has 1 aliphatic heterocycles. The molecule has 0 unspecified atom stereocenters. The Morgan fingerprint density at radius 1 is 1.27 bits per heavy atom. The zero-order valence-electron chi connectivity index (χ0n) is 15.6. The van der Waals surface area contributed by atoms with Crippen molar-refractivity contribution in [3.05, 3.63) is 35.3 Å². The Kier molecular flexibility index (Phi) is 5.44. The zero-order chi connectivity index (χ0) is 18.7. The van der Waals surface area contributed by atoms with Gasteiger partial charge in [0.2, 0.25) is 0 Å². The van der Waals surface area contributed by atoms with E-state index in [0.717, 1.165) is 29.7 Å². The monoisotopic (exact) mass is 358 g/mol. The van der Waals surface area contributed by atoms with Crippen LogP contribution in [0.4, 0.5) is 4.79 Å². The van der Waals surface area contributed by atoms with Crippen molar-refractivity contribution in [2.75, 3.05) is 19.7 Å². The van der Waals surface area contributed by atoms with E-state index in [1.165, 1.54) is 0 Å². The van der Waals surface area contributed by atoms with Gasteiger partial charge in [-0.15, -0.1) is 0 Å². The van der Waals surface area contributed by atoms with Crippen LogP contribution < -0.4 is 5.32 Å². The number of aromatic nitrogens is 2. The minimum absolute atomic E-state index is 0.0493. The molecule has 26 heavy (non-hydrogen) atoms. The summed E-state index contributed by atoms with van der Waals surface area (Å²) in [4.78, 5) is 31.0. The maximum atomic E-state index is 12.9. The summed E-state index contributed by atoms with van der Waals surface area (Å²) in [6, 6.07) is 3.98. The quantitative estimate of drug-likeness (QED) is 0.911. The second-order valence-electron chi connectivity index (χ2n) is 6.63. The van der Waals surface area contributed by atoms with Gasteiger partial charge in [0, 0.05) is 25.3 Å². The van der Waals surface area contributed by atoms with Crippen LogP contribution in [0.25, 0.3) is 5.65 Å². The van der Waals surface area contributed by atoms with Gasteiger partial charge in [0.25, 0.3) is 5.91 Å². The van der Waals surface area contributed by atoms with E-state index in [2.05, 4.69) is 10.3 Å². The lowest BCUT2D eigenvalue weighted by Gasteiger charge is -2.31. The van der Waals surface area contributed by atoms with Crippen LogP contribution in [-0.2, 0) is 11.2 Å². The van der Waals surface area contributed by atoms with Gasteiger partial charge in [-0.25, -0.2) is 9.78 Å². The van der Waals surface area contributed by atoms with Crippen molar-refractivity contribution in [2.24, 2.45) is 0 Å². The minimum atomic E-state index is -0.275. The number of imidazole rings is 1. The molecule has 0 radical (unpaired) electrons. The number of hydrogen-bond donors (Lipinski definition) is 1. The van der Waals surface area contributed by atoms with Crippen LogP contribution in [0.15, 0.2) is 18.3 Å². The second kappa shape index (κ2) is 7.76. The smallest absolute Gasteiger partial charge is 0.409 e. The molecule has 1 saturated heterocycles. The molecule has 7 heteroatoms. The summed E-state index contributed by atoms with van der Waals surface area (Å²) in [5.41, 5.74) is 3.28. The number of nitrogens with one attached hydrogen (secondary N) is 1. The Balaban J connectivity index is 1.70. The predicted octanol–water partition coefficient (Wildman–Crippen LogP) is 2.56. The lowest BCUT2D eigenvalue weighted by molar-refractivity contribution is 0.0855. The van der Waals surface area contributed by atoms with Crippen LogP contribution in [0, 0.1) is 6.92 Å². The number of rotatable bonds is 4. The largest absolute Gasteiger partial charge is 0.450 e. The third-order valence-electron chi connectivity index (χ3n) is 4.74. The summed E-state index contributed by atoms with van der Waals surface area (Å²) in [6.45, 7) is 7.37. The maximum Gasteiger partial charge on any atom is 0.409 e. The summed E-state index contributed by atoms with van der Waals surface area (Å²) < 4.78 is 6.91. The van der Waals surface area contributed by atoms with E-state index in [4.69, 9.17) is 4.74 Å². The fourth-order valence-corrected chi connectivity index (χ4v) is 3.36. The van der Waals surface area contributed by atoms with Gasteiger partial charge in [-0.2, -0.15) is 0 Å². The molecule has 1 fully saturated rings. The molecule has 0 saturated carbocycles. The highest BCUT2D eigenvalue weighted by atomic mass is 16.6. The molecular weight excluding hydrogens is 332 g/mol. The molecule has 0 aliphatic carbocycles. The fourth-order valence-electron chi connectivity index (χ4n) is 3.36. The van der Waals surface area contributed by atoms with E-state index in [-0.39, 0.29) is 18.0 Å². The van der Waals surface area contributed by atoms with E-state index >= 15 is 0 Å². The first kappa shape index (κ1) is 18.2. The van der Waals surface area contributed by atoms with Gasteiger partial charge in [0.1, 0.15) is 11.3 Å². The Hall–Kier alpha value is -2.57. The van der Waals surface area contributed by atoms with Gasteiger partial charge < -0.3 is 15.0 Å². The second-order valence-corrected chi connectivity index (χ2v) is 6.63. The number of hydrogen-bond acceptors (Lipinski definition) is 4. The van der Waals surface area contributed by atoms with Crippen LogP contribution >= 0.6 is 0 Å². The third kappa shape index (κ3) is 3.66. The highest BCUT2D eigenvalue weighted by Crippen LogP contribution is 2.17. The van der Waals surface area contributed by atoms with E-state index in [0.29, 0.717) is 31.8 Å². The van der Waals surface area contributed by atoms with E-state index in [9.17, 15) is 9.59 Å². The first-order chi connectivity index (χ1) is 12.5. The molecule has 1 N–H and O–H groups in total. The molecule has 2 aromatic rings. The lowest BCUT2D eigenvalue weighted by atomic mass is 10.1. The zero-order valence-corrected chi connectivity index (χ0v) is 15.6. The normalized spacial score (nSPS) is 15.3. The van der Waals surface area contributed by atoms with Crippen molar-refractivity contribution in [3.63, 3.8) is 0 Å². The number of piperidine rings is 1. The molecule has 7 nitrogen and oxygen atoms in total. The van der Waals surface area contributed by atoms with Crippen LogP contribution in [0.2, 0.25) is 0 Å². The summed E-state index contributed by atoms with van der Waals surface area (Å²) in [6.07, 6.45) is 3.82. The molecule has 3 rings (SSSR count). The number of aryl methyl sites for hydroxylation is 2. The maximum absolute atomic E-state index is 12.9. The highest BCUT2D eigenvalue weighted by molar-refractivity contribution is 5.95. The average Bonchev–Trinajstić information content (AvgIpc) is 3.00. The van der Waals surface area contributed by atoms with Crippen molar-refractivity contribution in [2.45, 2.75) is 46.1 Å². The summed E-state index contributed by atoms with van der Waals surface area (Å²) >= 11 is 0. The van der Waals surface area contributed by atoms with Crippen molar-refractivity contribution < 1.29 is 14.3 Å². The number of likely N-dealkylation sites (tertiary alicyclic amines) is 1. The van der Waals surface area contributed by atoms with Gasteiger partial charge in [0.05, 0.1) is 12.3 Å². The van der Waals surface area contributed by atoms with Crippen LogP contribution in [0.3, 0.4) is 0 Å². The van der Waals surface area contributed by atoms with Crippen molar-refractivity contribution in [1.82, 2.24) is 19.6 Å². The molecule has 2 aromatic heterocycles. The fraction of sp³-hybridized carbons (Fsp3) is 0.526. The topological polar surface area (TPSA) is 75.9 Å². The van der Waals surface area contributed by atoms with Crippen molar-refractivity contribution in [3.8, 4) is 0 Å². The number of pyridine rings is 1. The predicted molar refractivity (Wildman–Crippen MR) is 98.4 cm³/mol. The van der Waals surface area contributed by atoms with Crippen LogP contribution in [0.1, 0.15) is 48.4 Å². The molecule has 2 amide bonds. The molecule has 0 aromatic carbocycles. The van der Waals surface area contributed by atoms with Gasteiger partial charge in [0.15, 0.2) is 0 Å².